The van der Waals surface area contributed by atoms with Crippen LogP contribution in [0.2, 0.25) is 0 Å². The molecule has 0 saturated carbocycles. The maximum absolute atomic E-state index is 12.1. The second kappa shape index (κ2) is 8.91. The van der Waals surface area contributed by atoms with E-state index in [2.05, 4.69) is 53.0 Å². The molecule has 26 heavy (non-hydrogen) atoms. The Morgan fingerprint density at radius 3 is 2.46 bits per heavy atom. The summed E-state index contributed by atoms with van der Waals surface area (Å²) in [4.78, 5) is 13.4. The van der Waals surface area contributed by atoms with E-state index in [1.807, 2.05) is 34.9 Å². The number of hydrogen-bond acceptors (Lipinski definition) is 5. The molecule has 0 unspecified atom stereocenters. The summed E-state index contributed by atoms with van der Waals surface area (Å²) < 4.78 is 2.04. The van der Waals surface area contributed by atoms with Crippen LogP contribution >= 0.6 is 23.5 Å². The van der Waals surface area contributed by atoms with Gasteiger partial charge in [-0.2, -0.15) is 0 Å². The van der Waals surface area contributed by atoms with Crippen molar-refractivity contribution in [2.24, 2.45) is 0 Å². The number of hydrogen-bond donors (Lipinski definition) is 1. The maximum atomic E-state index is 12.1. The van der Waals surface area contributed by atoms with Gasteiger partial charge in [0.15, 0.2) is 11.0 Å². The largest absolute Gasteiger partial charge is 0.325 e. The molecule has 1 N–H and O–H groups in total. The van der Waals surface area contributed by atoms with Crippen LogP contribution in [0.25, 0.3) is 11.4 Å². The Kier molecular flexibility index (Phi) is 6.35. The topological polar surface area (TPSA) is 59.8 Å². The summed E-state index contributed by atoms with van der Waals surface area (Å²) in [6, 6.07) is 17.7. The lowest BCUT2D eigenvalue weighted by Gasteiger charge is -2.08. The van der Waals surface area contributed by atoms with Gasteiger partial charge in [-0.25, -0.2) is 0 Å². The highest BCUT2D eigenvalue weighted by molar-refractivity contribution is 7.99. The molecular formula is C19H20N4OS2. The molecule has 0 aliphatic heterocycles. The maximum Gasteiger partial charge on any atom is 0.234 e. The standard InChI is InChI=1S/C19H20N4OS2/c1-3-23-18(14-9-11-16(25-2)12-10-14)21-22-19(23)26-13-17(24)20-15-7-5-4-6-8-15/h4-12H,3,13H2,1-2H3,(H,20,24). The van der Waals surface area contributed by atoms with Crippen molar-refractivity contribution in [3.8, 4) is 11.4 Å². The average Bonchev–Trinajstić information content (AvgIpc) is 3.10. The Balaban J connectivity index is 1.68. The van der Waals surface area contributed by atoms with Gasteiger partial charge in [0.05, 0.1) is 5.75 Å². The van der Waals surface area contributed by atoms with Crippen molar-refractivity contribution < 1.29 is 4.79 Å². The van der Waals surface area contributed by atoms with Gasteiger partial charge in [-0.15, -0.1) is 22.0 Å². The highest BCUT2D eigenvalue weighted by atomic mass is 32.2. The van der Waals surface area contributed by atoms with E-state index in [0.29, 0.717) is 5.75 Å². The first-order valence-corrected chi connectivity index (χ1v) is 10.5. The zero-order chi connectivity index (χ0) is 18.4. The Bertz CT molecular complexity index is 863. The highest BCUT2D eigenvalue weighted by Crippen LogP contribution is 2.26. The zero-order valence-corrected chi connectivity index (χ0v) is 16.3. The molecule has 134 valence electrons. The fourth-order valence-electron chi connectivity index (χ4n) is 2.48. The molecule has 0 spiro atoms. The molecule has 1 amide bonds. The van der Waals surface area contributed by atoms with Crippen LogP contribution in [0.3, 0.4) is 0 Å². The fourth-order valence-corrected chi connectivity index (χ4v) is 3.69. The predicted octanol–water partition coefficient (Wildman–Crippen LogP) is 4.42. The molecule has 3 aromatic rings. The van der Waals surface area contributed by atoms with Crippen LogP contribution in [-0.4, -0.2) is 32.7 Å². The summed E-state index contributed by atoms with van der Waals surface area (Å²) in [7, 11) is 0. The van der Waals surface area contributed by atoms with Crippen molar-refractivity contribution in [3.63, 3.8) is 0 Å². The molecule has 2 aromatic carbocycles. The number of aromatic nitrogens is 3. The molecule has 0 bridgehead atoms. The second-order valence-corrected chi connectivity index (χ2v) is 7.30. The van der Waals surface area contributed by atoms with E-state index in [4.69, 9.17) is 0 Å². The number of amides is 1. The average molecular weight is 385 g/mol. The molecule has 3 rings (SSSR count). The number of benzene rings is 2. The van der Waals surface area contributed by atoms with Gasteiger partial charge in [-0.05, 0) is 37.4 Å². The molecule has 0 saturated heterocycles. The van der Waals surface area contributed by atoms with Crippen LogP contribution in [0.4, 0.5) is 5.69 Å². The summed E-state index contributed by atoms with van der Waals surface area (Å²) in [5.74, 6) is 1.06. The number of anilines is 1. The summed E-state index contributed by atoms with van der Waals surface area (Å²) >= 11 is 3.10. The molecule has 0 aliphatic carbocycles. The van der Waals surface area contributed by atoms with Crippen LogP contribution in [-0.2, 0) is 11.3 Å². The van der Waals surface area contributed by atoms with Crippen molar-refractivity contribution in [1.29, 1.82) is 0 Å². The summed E-state index contributed by atoms with van der Waals surface area (Å²) in [5.41, 5.74) is 1.82. The van der Waals surface area contributed by atoms with E-state index in [0.717, 1.165) is 28.8 Å². The number of rotatable bonds is 7. The Morgan fingerprint density at radius 1 is 1.08 bits per heavy atom. The van der Waals surface area contributed by atoms with E-state index >= 15 is 0 Å². The van der Waals surface area contributed by atoms with Gasteiger partial charge in [-0.3, -0.25) is 4.79 Å². The first-order chi connectivity index (χ1) is 12.7. The molecule has 0 fully saturated rings. The van der Waals surface area contributed by atoms with Crippen molar-refractivity contribution in [3.05, 3.63) is 54.6 Å². The molecule has 0 aliphatic rings. The van der Waals surface area contributed by atoms with Gasteiger partial charge >= 0.3 is 0 Å². The minimum atomic E-state index is -0.0577. The third-order valence-electron chi connectivity index (χ3n) is 3.77. The molecule has 5 nitrogen and oxygen atoms in total. The van der Waals surface area contributed by atoms with Gasteiger partial charge < -0.3 is 9.88 Å². The van der Waals surface area contributed by atoms with Crippen LogP contribution < -0.4 is 5.32 Å². The zero-order valence-electron chi connectivity index (χ0n) is 14.7. The van der Waals surface area contributed by atoms with Crippen molar-refractivity contribution in [2.75, 3.05) is 17.3 Å². The Morgan fingerprint density at radius 2 is 1.81 bits per heavy atom. The van der Waals surface area contributed by atoms with E-state index < -0.39 is 0 Å². The lowest BCUT2D eigenvalue weighted by Crippen LogP contribution is -2.14. The van der Waals surface area contributed by atoms with Gasteiger partial charge in [0.2, 0.25) is 5.91 Å². The first-order valence-electron chi connectivity index (χ1n) is 8.26. The van der Waals surface area contributed by atoms with Gasteiger partial charge in [0, 0.05) is 22.7 Å². The van der Waals surface area contributed by atoms with E-state index in [-0.39, 0.29) is 5.91 Å². The van der Waals surface area contributed by atoms with Crippen molar-refractivity contribution in [2.45, 2.75) is 23.5 Å². The lowest BCUT2D eigenvalue weighted by atomic mass is 10.2. The van der Waals surface area contributed by atoms with Crippen molar-refractivity contribution in [1.82, 2.24) is 14.8 Å². The third kappa shape index (κ3) is 4.47. The molecular weight excluding hydrogens is 364 g/mol. The fraction of sp³-hybridized carbons (Fsp3) is 0.211. The Hall–Kier alpha value is -2.25. The van der Waals surface area contributed by atoms with Gasteiger partial charge in [-0.1, -0.05) is 42.1 Å². The number of para-hydroxylation sites is 1. The lowest BCUT2D eigenvalue weighted by molar-refractivity contribution is -0.113. The quantitative estimate of drug-likeness (QED) is 0.611. The second-order valence-electron chi connectivity index (χ2n) is 5.48. The number of thioether (sulfide) groups is 2. The molecule has 7 heteroatoms. The van der Waals surface area contributed by atoms with E-state index in [1.54, 1.807) is 11.8 Å². The minimum Gasteiger partial charge on any atom is -0.325 e. The SMILES string of the molecule is CCn1c(SCC(=O)Nc2ccccc2)nnc1-c1ccc(SC)cc1. The number of carbonyl (C=O) groups is 1. The van der Waals surface area contributed by atoms with Crippen LogP contribution in [0.1, 0.15) is 6.92 Å². The highest BCUT2D eigenvalue weighted by Gasteiger charge is 2.14. The van der Waals surface area contributed by atoms with E-state index in [1.165, 1.54) is 16.7 Å². The number of carbonyl (C=O) groups excluding carboxylic acids is 1. The molecule has 1 aromatic heterocycles. The molecule has 0 radical (unpaired) electrons. The predicted molar refractivity (Wildman–Crippen MR) is 109 cm³/mol. The summed E-state index contributed by atoms with van der Waals surface area (Å²) in [6.07, 6.45) is 2.05. The summed E-state index contributed by atoms with van der Waals surface area (Å²) in [6.45, 7) is 2.80. The van der Waals surface area contributed by atoms with Crippen LogP contribution in [0.5, 0.6) is 0 Å². The van der Waals surface area contributed by atoms with Gasteiger partial charge in [0.25, 0.3) is 0 Å². The summed E-state index contributed by atoms with van der Waals surface area (Å²) in [5, 5.41) is 12.2. The Labute approximate surface area is 161 Å². The smallest absolute Gasteiger partial charge is 0.234 e. The minimum absolute atomic E-state index is 0.0577. The van der Waals surface area contributed by atoms with Gasteiger partial charge in [0.1, 0.15) is 0 Å². The molecule has 0 atom stereocenters. The van der Waals surface area contributed by atoms with E-state index in [9.17, 15) is 4.79 Å². The number of nitrogens with one attached hydrogen (secondary N) is 1. The van der Waals surface area contributed by atoms with Crippen LogP contribution in [0, 0.1) is 0 Å². The number of nitrogens with zero attached hydrogens (tertiary/aromatic N) is 3. The molecule has 1 heterocycles. The monoisotopic (exact) mass is 384 g/mol. The van der Waals surface area contributed by atoms with Crippen LogP contribution in [0.15, 0.2) is 64.6 Å². The van der Waals surface area contributed by atoms with Crippen molar-refractivity contribution >= 4 is 35.1 Å². The normalized spacial score (nSPS) is 10.7. The third-order valence-corrected chi connectivity index (χ3v) is 5.48. The first kappa shape index (κ1) is 18.5.